The first-order valence-electron chi connectivity index (χ1n) is 6.26. The molecule has 4 nitrogen and oxygen atoms in total. The van der Waals surface area contributed by atoms with Crippen LogP contribution in [0.5, 0.6) is 0 Å². The van der Waals surface area contributed by atoms with Crippen LogP contribution < -0.4 is 11.1 Å². The van der Waals surface area contributed by atoms with E-state index in [0.29, 0.717) is 0 Å². The van der Waals surface area contributed by atoms with Gasteiger partial charge in [-0.3, -0.25) is 4.68 Å². The number of hydrogen-bond acceptors (Lipinski definition) is 3. The van der Waals surface area contributed by atoms with Crippen LogP contribution in [0.25, 0.3) is 0 Å². The third-order valence-corrected chi connectivity index (χ3v) is 3.15. The Labute approximate surface area is 108 Å². The highest BCUT2D eigenvalue weighted by molar-refractivity contribution is 5.65. The normalized spacial score (nSPS) is 12.4. The summed E-state index contributed by atoms with van der Waals surface area (Å²) < 4.78 is 1.81. The van der Waals surface area contributed by atoms with Crippen molar-refractivity contribution in [3.05, 3.63) is 41.6 Å². The molecule has 0 aliphatic carbocycles. The van der Waals surface area contributed by atoms with Crippen molar-refractivity contribution >= 4 is 11.5 Å². The average molecular weight is 244 g/mol. The Kier molecular flexibility index (Phi) is 3.55. The zero-order chi connectivity index (χ0) is 13.1. The number of nitrogens with two attached hydrogens (primary N) is 1. The summed E-state index contributed by atoms with van der Waals surface area (Å²) in [7, 11) is 1.91. The van der Waals surface area contributed by atoms with Crippen molar-refractivity contribution in [3.63, 3.8) is 0 Å². The van der Waals surface area contributed by atoms with E-state index in [9.17, 15) is 0 Å². The molecule has 1 atom stereocenters. The molecule has 1 heterocycles. The summed E-state index contributed by atoms with van der Waals surface area (Å²) in [5.41, 5.74) is 9.03. The number of aryl methyl sites for hydroxylation is 2. The molecule has 0 bridgehead atoms. The predicted octanol–water partition coefficient (Wildman–Crippen LogP) is 2.74. The molecule has 2 aromatic rings. The van der Waals surface area contributed by atoms with E-state index in [4.69, 9.17) is 5.73 Å². The zero-order valence-electron chi connectivity index (χ0n) is 11.1. The lowest BCUT2D eigenvalue weighted by molar-refractivity contribution is 0.734. The minimum Gasteiger partial charge on any atom is -0.394 e. The third kappa shape index (κ3) is 2.32. The largest absolute Gasteiger partial charge is 0.394 e. The second-order valence-electron chi connectivity index (χ2n) is 4.46. The monoisotopic (exact) mass is 244 g/mol. The number of nitrogens with one attached hydrogen (secondary N) is 1. The zero-order valence-corrected chi connectivity index (χ0v) is 11.1. The van der Waals surface area contributed by atoms with Crippen LogP contribution in [0.4, 0.5) is 11.5 Å². The van der Waals surface area contributed by atoms with Gasteiger partial charge in [-0.1, -0.05) is 37.3 Å². The maximum atomic E-state index is 6.10. The topological polar surface area (TPSA) is 55.9 Å². The Bertz CT molecular complexity index is 516. The molecule has 1 aromatic carbocycles. The molecule has 96 valence electrons. The second kappa shape index (κ2) is 5.12. The number of aromatic nitrogens is 2. The van der Waals surface area contributed by atoms with Crippen molar-refractivity contribution in [2.45, 2.75) is 26.3 Å². The second-order valence-corrected chi connectivity index (χ2v) is 4.46. The van der Waals surface area contributed by atoms with Crippen molar-refractivity contribution in [3.8, 4) is 0 Å². The molecule has 0 aliphatic heterocycles. The lowest BCUT2D eigenvalue weighted by atomic mass is 10.1. The van der Waals surface area contributed by atoms with Crippen LogP contribution in [-0.4, -0.2) is 9.78 Å². The first-order chi connectivity index (χ1) is 8.63. The Morgan fingerprint density at radius 2 is 2.00 bits per heavy atom. The number of benzene rings is 1. The van der Waals surface area contributed by atoms with Crippen LogP contribution in [-0.2, 0) is 13.5 Å². The number of rotatable bonds is 4. The van der Waals surface area contributed by atoms with Gasteiger partial charge in [0.15, 0.2) is 0 Å². The van der Waals surface area contributed by atoms with Gasteiger partial charge in [-0.05, 0) is 18.9 Å². The van der Waals surface area contributed by atoms with E-state index in [0.717, 1.165) is 23.6 Å². The van der Waals surface area contributed by atoms with E-state index in [2.05, 4.69) is 36.4 Å². The molecule has 2 rings (SSSR count). The van der Waals surface area contributed by atoms with E-state index < -0.39 is 0 Å². The number of anilines is 2. The molecule has 1 unspecified atom stereocenters. The molecule has 1 aromatic heterocycles. The van der Waals surface area contributed by atoms with Gasteiger partial charge in [0.25, 0.3) is 0 Å². The fourth-order valence-electron chi connectivity index (χ4n) is 2.06. The Morgan fingerprint density at radius 1 is 1.33 bits per heavy atom. The Morgan fingerprint density at radius 3 is 2.56 bits per heavy atom. The summed E-state index contributed by atoms with van der Waals surface area (Å²) >= 11 is 0. The summed E-state index contributed by atoms with van der Waals surface area (Å²) in [5, 5.41) is 7.83. The fraction of sp³-hybridized carbons (Fsp3) is 0.357. The standard InChI is InChI=1S/C14H20N4/c1-4-12-13(15)14(18(3)17-12)16-10(2)11-8-6-5-7-9-11/h5-10,16H,4,15H2,1-3H3. The first-order valence-corrected chi connectivity index (χ1v) is 6.26. The molecule has 0 aliphatic rings. The summed E-state index contributed by atoms with van der Waals surface area (Å²) in [6, 6.07) is 10.5. The van der Waals surface area contributed by atoms with Gasteiger partial charge in [-0.2, -0.15) is 5.10 Å². The van der Waals surface area contributed by atoms with Gasteiger partial charge in [-0.25, -0.2) is 0 Å². The third-order valence-electron chi connectivity index (χ3n) is 3.15. The van der Waals surface area contributed by atoms with Crippen molar-refractivity contribution < 1.29 is 0 Å². The SMILES string of the molecule is CCc1nn(C)c(NC(C)c2ccccc2)c1N. The molecule has 0 spiro atoms. The lowest BCUT2D eigenvalue weighted by Crippen LogP contribution is -2.11. The molecular formula is C14H20N4. The summed E-state index contributed by atoms with van der Waals surface area (Å²) in [5.74, 6) is 0.892. The smallest absolute Gasteiger partial charge is 0.148 e. The van der Waals surface area contributed by atoms with E-state index in [1.54, 1.807) is 0 Å². The summed E-state index contributed by atoms with van der Waals surface area (Å²) in [6.07, 6.45) is 0.848. The summed E-state index contributed by atoms with van der Waals surface area (Å²) in [4.78, 5) is 0. The van der Waals surface area contributed by atoms with Crippen LogP contribution in [0.3, 0.4) is 0 Å². The van der Waals surface area contributed by atoms with Crippen LogP contribution in [0.1, 0.15) is 31.1 Å². The molecular weight excluding hydrogens is 224 g/mol. The van der Waals surface area contributed by atoms with Crippen molar-refractivity contribution in [2.24, 2.45) is 7.05 Å². The van der Waals surface area contributed by atoms with Crippen LogP contribution >= 0.6 is 0 Å². The number of nitrogens with zero attached hydrogens (tertiary/aromatic N) is 2. The van der Waals surface area contributed by atoms with Gasteiger partial charge < -0.3 is 11.1 Å². The molecule has 0 saturated carbocycles. The molecule has 0 radical (unpaired) electrons. The number of hydrogen-bond donors (Lipinski definition) is 2. The van der Waals surface area contributed by atoms with E-state index in [1.807, 2.05) is 29.9 Å². The lowest BCUT2D eigenvalue weighted by Gasteiger charge is -2.16. The maximum absolute atomic E-state index is 6.10. The highest BCUT2D eigenvalue weighted by Gasteiger charge is 2.14. The number of nitrogen functional groups attached to an aromatic ring is 1. The maximum Gasteiger partial charge on any atom is 0.148 e. The molecule has 18 heavy (non-hydrogen) atoms. The van der Waals surface area contributed by atoms with Crippen LogP contribution in [0.2, 0.25) is 0 Å². The Hall–Kier alpha value is -1.97. The fourth-order valence-corrected chi connectivity index (χ4v) is 2.06. The van der Waals surface area contributed by atoms with Gasteiger partial charge in [-0.15, -0.1) is 0 Å². The Balaban J connectivity index is 2.22. The minimum absolute atomic E-state index is 0.202. The summed E-state index contributed by atoms with van der Waals surface area (Å²) in [6.45, 7) is 4.18. The van der Waals surface area contributed by atoms with Gasteiger partial charge >= 0.3 is 0 Å². The average Bonchev–Trinajstić information content (AvgIpc) is 2.67. The molecule has 4 heteroatoms. The van der Waals surface area contributed by atoms with Crippen molar-refractivity contribution in [1.29, 1.82) is 0 Å². The van der Waals surface area contributed by atoms with Gasteiger partial charge in [0, 0.05) is 7.05 Å². The molecule has 0 amide bonds. The van der Waals surface area contributed by atoms with Gasteiger partial charge in [0.05, 0.1) is 17.4 Å². The minimum atomic E-state index is 0.202. The van der Waals surface area contributed by atoms with E-state index in [-0.39, 0.29) is 6.04 Å². The first kappa shape index (κ1) is 12.5. The van der Waals surface area contributed by atoms with Crippen molar-refractivity contribution in [2.75, 3.05) is 11.1 Å². The van der Waals surface area contributed by atoms with E-state index in [1.165, 1.54) is 5.56 Å². The van der Waals surface area contributed by atoms with Gasteiger partial charge in [0.2, 0.25) is 0 Å². The van der Waals surface area contributed by atoms with Gasteiger partial charge in [0.1, 0.15) is 5.82 Å². The highest BCUT2D eigenvalue weighted by Crippen LogP contribution is 2.26. The van der Waals surface area contributed by atoms with Crippen LogP contribution in [0.15, 0.2) is 30.3 Å². The van der Waals surface area contributed by atoms with E-state index >= 15 is 0 Å². The molecule has 3 N–H and O–H groups in total. The predicted molar refractivity (Wildman–Crippen MR) is 75.5 cm³/mol. The molecule has 0 fully saturated rings. The quantitative estimate of drug-likeness (QED) is 0.869. The highest BCUT2D eigenvalue weighted by atomic mass is 15.3. The van der Waals surface area contributed by atoms with Crippen molar-refractivity contribution in [1.82, 2.24) is 9.78 Å². The van der Waals surface area contributed by atoms with Crippen LogP contribution in [0, 0.1) is 0 Å². The molecule has 0 saturated heterocycles.